The summed E-state index contributed by atoms with van der Waals surface area (Å²) in [7, 11) is -1.96. The highest BCUT2D eigenvalue weighted by atomic mass is 35.5. The molecule has 1 fully saturated rings. The van der Waals surface area contributed by atoms with Crippen molar-refractivity contribution < 1.29 is 17.8 Å². The predicted molar refractivity (Wildman–Crippen MR) is 106 cm³/mol. The molecule has 0 amide bonds. The summed E-state index contributed by atoms with van der Waals surface area (Å²) in [6.45, 7) is 1.72. The van der Waals surface area contributed by atoms with E-state index in [1.165, 1.54) is 12.1 Å². The minimum absolute atomic E-state index is 0.00597. The molecule has 2 heterocycles. The molecule has 1 aliphatic heterocycles. The zero-order chi connectivity index (χ0) is 19.9. The Hall–Kier alpha value is -2.07. The summed E-state index contributed by atoms with van der Waals surface area (Å²) in [5, 5.41) is 7.95. The number of hydrogen-bond acceptors (Lipinski definition) is 7. The van der Waals surface area contributed by atoms with Crippen molar-refractivity contribution in [3.63, 3.8) is 0 Å². The number of nitrogens with zero attached hydrogens (tertiary/aromatic N) is 3. The summed E-state index contributed by atoms with van der Waals surface area (Å²) in [6.07, 6.45) is 0.886. The second-order valence-corrected chi connectivity index (χ2v) is 9.01. The van der Waals surface area contributed by atoms with Gasteiger partial charge in [0.15, 0.2) is 11.0 Å². The molecule has 0 radical (unpaired) electrons. The Bertz CT molecular complexity index is 1140. The van der Waals surface area contributed by atoms with E-state index in [4.69, 9.17) is 27.9 Å². The van der Waals surface area contributed by atoms with E-state index in [-0.39, 0.29) is 27.1 Å². The molecule has 3 aromatic rings. The maximum atomic E-state index is 12.9. The third-order valence-electron chi connectivity index (χ3n) is 4.44. The first-order valence-electron chi connectivity index (χ1n) is 8.42. The molecule has 148 valence electrons. The summed E-state index contributed by atoms with van der Waals surface area (Å²) in [4.78, 5) is 2.06. The summed E-state index contributed by atoms with van der Waals surface area (Å²) in [5.41, 5.74) is 0.541. The Balaban J connectivity index is 1.62. The second kappa shape index (κ2) is 7.40. The van der Waals surface area contributed by atoms with Crippen LogP contribution in [0.4, 0.5) is 5.69 Å². The van der Waals surface area contributed by atoms with Gasteiger partial charge in [0.25, 0.3) is 10.0 Å². The first kappa shape index (κ1) is 19.3. The van der Waals surface area contributed by atoms with Gasteiger partial charge in [-0.1, -0.05) is 23.2 Å². The number of ether oxygens (including phenoxy) is 1. The molecule has 0 saturated carbocycles. The van der Waals surface area contributed by atoms with Gasteiger partial charge in [-0.25, -0.2) is 13.0 Å². The van der Waals surface area contributed by atoms with Gasteiger partial charge in [-0.15, -0.1) is 0 Å². The van der Waals surface area contributed by atoms with Crippen molar-refractivity contribution in [3.8, 4) is 5.75 Å². The maximum Gasteiger partial charge on any atom is 0.264 e. The quantitative estimate of drug-likeness (QED) is 0.646. The van der Waals surface area contributed by atoms with Gasteiger partial charge in [0.2, 0.25) is 0 Å². The van der Waals surface area contributed by atoms with Gasteiger partial charge >= 0.3 is 0 Å². The minimum atomic E-state index is -3.97. The number of fused-ring (bicyclic) bond motifs is 1. The van der Waals surface area contributed by atoms with E-state index in [1.54, 1.807) is 18.2 Å². The van der Waals surface area contributed by atoms with Crippen LogP contribution >= 0.6 is 23.2 Å². The smallest absolute Gasteiger partial charge is 0.264 e. The third-order valence-corrected chi connectivity index (χ3v) is 6.47. The molecule has 1 aromatic heterocycles. The number of benzene rings is 2. The molecule has 0 aliphatic carbocycles. The number of hydrogen-bond donors (Lipinski definition) is 1. The largest absolute Gasteiger partial charge is 0.487 e. The van der Waals surface area contributed by atoms with Gasteiger partial charge in [0.05, 0.1) is 15.7 Å². The van der Waals surface area contributed by atoms with Crippen LogP contribution in [0, 0.1) is 0 Å². The molecule has 0 bridgehead atoms. The van der Waals surface area contributed by atoms with Crippen molar-refractivity contribution in [1.82, 2.24) is 15.2 Å². The lowest BCUT2D eigenvalue weighted by molar-refractivity contribution is 0.208. The molecule has 0 unspecified atom stereocenters. The summed E-state index contributed by atoms with van der Waals surface area (Å²) < 4.78 is 38.8. The van der Waals surface area contributed by atoms with Crippen molar-refractivity contribution in [2.75, 3.05) is 24.9 Å². The standard InChI is InChI=1S/C17H16Cl2N4O4S/c1-23-7-6-11(9-23)26-14-8-10(2-3-12(14)18)22-28(24,25)15-5-4-13(19)16-17(15)21-27-20-16/h2-5,8,11,22H,6-7,9H2,1H3/t11-/m1/s1. The van der Waals surface area contributed by atoms with Gasteiger partial charge in [0.1, 0.15) is 16.7 Å². The Kier molecular flexibility index (Phi) is 5.09. The maximum absolute atomic E-state index is 12.9. The molecule has 28 heavy (non-hydrogen) atoms. The van der Waals surface area contributed by atoms with Crippen LogP contribution in [0.15, 0.2) is 39.9 Å². The predicted octanol–water partition coefficient (Wildman–Crippen LogP) is 3.41. The molecular weight excluding hydrogens is 427 g/mol. The summed E-state index contributed by atoms with van der Waals surface area (Å²) in [5.74, 6) is 0.423. The van der Waals surface area contributed by atoms with E-state index >= 15 is 0 Å². The van der Waals surface area contributed by atoms with Crippen LogP contribution in [-0.4, -0.2) is 49.9 Å². The normalized spacial score (nSPS) is 17.9. The fourth-order valence-corrected chi connectivity index (χ4v) is 4.60. The lowest BCUT2D eigenvalue weighted by Gasteiger charge is -2.16. The van der Waals surface area contributed by atoms with Gasteiger partial charge in [-0.2, -0.15) is 0 Å². The Morgan fingerprint density at radius 3 is 2.68 bits per heavy atom. The SMILES string of the molecule is CN1CC[C@@H](Oc2cc(NS(=O)(=O)c3ccc(Cl)c4nonc34)ccc2Cl)C1. The molecule has 8 nitrogen and oxygen atoms in total. The van der Waals surface area contributed by atoms with Gasteiger partial charge in [-0.05, 0) is 48.0 Å². The fraction of sp³-hybridized carbons (Fsp3) is 0.294. The lowest BCUT2D eigenvalue weighted by Crippen LogP contribution is -2.21. The van der Waals surface area contributed by atoms with E-state index in [0.717, 1.165) is 19.5 Å². The van der Waals surface area contributed by atoms with Gasteiger partial charge < -0.3 is 9.64 Å². The molecule has 0 spiro atoms. The number of sulfonamides is 1. The highest BCUT2D eigenvalue weighted by molar-refractivity contribution is 7.93. The van der Waals surface area contributed by atoms with Crippen molar-refractivity contribution in [1.29, 1.82) is 0 Å². The average molecular weight is 443 g/mol. The summed E-state index contributed by atoms with van der Waals surface area (Å²) in [6, 6.07) is 7.48. The Morgan fingerprint density at radius 1 is 1.18 bits per heavy atom. The number of likely N-dealkylation sites (N-methyl/N-ethyl adjacent to an activating group) is 1. The van der Waals surface area contributed by atoms with Crippen molar-refractivity contribution in [2.24, 2.45) is 0 Å². The van der Waals surface area contributed by atoms with Crippen LogP contribution in [0.3, 0.4) is 0 Å². The average Bonchev–Trinajstić information content (AvgIpc) is 3.27. The van der Waals surface area contributed by atoms with Gasteiger partial charge in [-0.3, -0.25) is 4.72 Å². The van der Waals surface area contributed by atoms with Gasteiger partial charge in [0, 0.05) is 19.2 Å². The summed E-state index contributed by atoms with van der Waals surface area (Å²) >= 11 is 12.2. The van der Waals surface area contributed by atoms with E-state index in [0.29, 0.717) is 16.5 Å². The molecule has 1 N–H and O–H groups in total. The Morgan fingerprint density at radius 2 is 1.93 bits per heavy atom. The molecule has 1 aliphatic rings. The van der Waals surface area contributed by atoms with Crippen LogP contribution in [-0.2, 0) is 10.0 Å². The van der Waals surface area contributed by atoms with E-state index in [1.807, 2.05) is 7.05 Å². The second-order valence-electron chi connectivity index (χ2n) is 6.55. The van der Waals surface area contributed by atoms with E-state index in [9.17, 15) is 8.42 Å². The third kappa shape index (κ3) is 3.75. The molecule has 2 aromatic carbocycles. The lowest BCUT2D eigenvalue weighted by atomic mass is 10.3. The van der Waals surface area contributed by atoms with Crippen molar-refractivity contribution in [2.45, 2.75) is 17.4 Å². The van der Waals surface area contributed by atoms with Crippen LogP contribution in [0.2, 0.25) is 10.0 Å². The van der Waals surface area contributed by atoms with E-state index < -0.39 is 10.0 Å². The van der Waals surface area contributed by atoms with Crippen molar-refractivity contribution in [3.05, 3.63) is 40.4 Å². The minimum Gasteiger partial charge on any atom is -0.487 e. The van der Waals surface area contributed by atoms with Crippen LogP contribution in [0.5, 0.6) is 5.75 Å². The molecule has 1 atom stereocenters. The number of nitrogens with one attached hydrogen (secondary N) is 1. The highest BCUT2D eigenvalue weighted by Gasteiger charge is 2.24. The molecule has 4 rings (SSSR count). The topological polar surface area (TPSA) is 97.6 Å². The number of halogens is 2. The van der Waals surface area contributed by atoms with E-state index in [2.05, 4.69) is 24.6 Å². The highest BCUT2D eigenvalue weighted by Crippen LogP contribution is 2.32. The van der Waals surface area contributed by atoms with Crippen LogP contribution < -0.4 is 9.46 Å². The number of rotatable bonds is 5. The Labute approximate surface area is 171 Å². The number of aromatic nitrogens is 2. The van der Waals surface area contributed by atoms with Crippen LogP contribution in [0.1, 0.15) is 6.42 Å². The van der Waals surface area contributed by atoms with Crippen LogP contribution in [0.25, 0.3) is 11.0 Å². The first-order valence-corrected chi connectivity index (χ1v) is 10.7. The fourth-order valence-electron chi connectivity index (χ4n) is 3.07. The first-order chi connectivity index (χ1) is 13.3. The molecule has 1 saturated heterocycles. The number of anilines is 1. The monoisotopic (exact) mass is 442 g/mol. The van der Waals surface area contributed by atoms with Crippen molar-refractivity contribution >= 4 is 49.9 Å². The zero-order valence-corrected chi connectivity index (χ0v) is 17.1. The molecular formula is C17H16Cl2N4O4S. The molecule has 11 heteroatoms. The number of likely N-dealkylation sites (tertiary alicyclic amines) is 1. The zero-order valence-electron chi connectivity index (χ0n) is 14.7.